The number of hydrogen-bond acceptors (Lipinski definition) is 2. The number of carbonyl (C=O) groups excluding carboxylic acids is 1. The number of aryl methyl sites for hydroxylation is 1. The Morgan fingerprint density at radius 2 is 1.85 bits per heavy atom. The van der Waals surface area contributed by atoms with Crippen LogP contribution >= 0.6 is 22.6 Å². The highest BCUT2D eigenvalue weighted by molar-refractivity contribution is 14.1. The quantitative estimate of drug-likeness (QED) is 0.519. The molecule has 0 unspecified atom stereocenters. The number of amides is 1. The summed E-state index contributed by atoms with van der Waals surface area (Å²) >= 11 is 2.27. The van der Waals surface area contributed by atoms with E-state index in [-0.39, 0.29) is 5.91 Å². The van der Waals surface area contributed by atoms with Crippen LogP contribution in [0.15, 0.2) is 66.7 Å². The molecule has 0 spiro atoms. The maximum absolute atomic E-state index is 12.5. The van der Waals surface area contributed by atoms with Crippen molar-refractivity contribution in [1.82, 2.24) is 0 Å². The van der Waals surface area contributed by atoms with Crippen molar-refractivity contribution in [3.8, 4) is 0 Å². The average Bonchev–Trinajstić information content (AvgIpc) is 3.08. The summed E-state index contributed by atoms with van der Waals surface area (Å²) in [6.45, 7) is 3.93. The molecule has 0 fully saturated rings. The van der Waals surface area contributed by atoms with Crippen LogP contribution < -0.4 is 10.2 Å². The summed E-state index contributed by atoms with van der Waals surface area (Å²) in [7, 11) is 0. The molecule has 3 aromatic carbocycles. The number of rotatable bonds is 4. The predicted octanol–water partition coefficient (Wildman–Crippen LogP) is 5.41. The minimum atomic E-state index is -0.0719. The van der Waals surface area contributed by atoms with E-state index >= 15 is 0 Å². The molecule has 3 aromatic rings. The van der Waals surface area contributed by atoms with E-state index in [1.54, 1.807) is 0 Å². The van der Waals surface area contributed by atoms with Crippen LogP contribution in [0.5, 0.6) is 0 Å². The second-order valence-corrected chi connectivity index (χ2v) is 8.16. The number of halogens is 1. The minimum absolute atomic E-state index is 0.0719. The van der Waals surface area contributed by atoms with Gasteiger partial charge in [0.05, 0.1) is 0 Å². The van der Waals surface area contributed by atoms with Crippen LogP contribution in [0.25, 0.3) is 0 Å². The van der Waals surface area contributed by atoms with E-state index in [2.05, 4.69) is 75.3 Å². The lowest BCUT2D eigenvalue weighted by atomic mass is 10.1. The van der Waals surface area contributed by atoms with Crippen molar-refractivity contribution in [2.45, 2.75) is 19.9 Å². The molecule has 4 heteroatoms. The van der Waals surface area contributed by atoms with Crippen molar-refractivity contribution in [3.05, 3.63) is 92.6 Å². The molecule has 3 nitrogen and oxygen atoms in total. The Morgan fingerprint density at radius 3 is 2.63 bits per heavy atom. The number of benzene rings is 3. The second kappa shape index (κ2) is 7.72. The Labute approximate surface area is 173 Å². The monoisotopic (exact) mass is 468 g/mol. The number of nitrogens with one attached hydrogen (secondary N) is 1. The number of para-hydroxylation sites is 1. The van der Waals surface area contributed by atoms with Crippen LogP contribution in [0.3, 0.4) is 0 Å². The summed E-state index contributed by atoms with van der Waals surface area (Å²) in [6, 6.07) is 22.5. The molecular weight excluding hydrogens is 447 g/mol. The van der Waals surface area contributed by atoms with Crippen LogP contribution in [0.1, 0.15) is 27.0 Å². The van der Waals surface area contributed by atoms with Gasteiger partial charge in [0.2, 0.25) is 0 Å². The first-order valence-electron chi connectivity index (χ1n) is 9.09. The predicted molar refractivity (Wildman–Crippen MR) is 119 cm³/mol. The van der Waals surface area contributed by atoms with Crippen molar-refractivity contribution in [3.63, 3.8) is 0 Å². The summed E-state index contributed by atoms with van der Waals surface area (Å²) in [6.07, 6.45) is 1.10. The lowest BCUT2D eigenvalue weighted by Crippen LogP contribution is -2.19. The largest absolute Gasteiger partial charge is 0.367 e. The molecule has 0 radical (unpaired) electrons. The fraction of sp³-hybridized carbons (Fsp3) is 0.174. The van der Waals surface area contributed by atoms with Crippen molar-refractivity contribution < 1.29 is 4.79 Å². The van der Waals surface area contributed by atoms with Gasteiger partial charge in [-0.1, -0.05) is 30.3 Å². The molecular formula is C23H21IN2O. The van der Waals surface area contributed by atoms with Crippen LogP contribution in [0, 0.1) is 10.5 Å². The molecule has 1 N–H and O–H groups in total. The van der Waals surface area contributed by atoms with Gasteiger partial charge in [-0.15, -0.1) is 0 Å². The molecule has 0 saturated carbocycles. The van der Waals surface area contributed by atoms with Crippen LogP contribution in [0.2, 0.25) is 0 Å². The van der Waals surface area contributed by atoms with Gasteiger partial charge in [0, 0.05) is 33.6 Å². The Balaban J connectivity index is 1.44. The van der Waals surface area contributed by atoms with Crippen LogP contribution in [-0.4, -0.2) is 12.5 Å². The molecule has 1 aliphatic heterocycles. The number of hydrogen-bond donors (Lipinski definition) is 1. The number of nitrogens with zero attached hydrogens (tertiary/aromatic N) is 1. The third-order valence-electron chi connectivity index (χ3n) is 5.01. The zero-order valence-electron chi connectivity index (χ0n) is 15.2. The van der Waals surface area contributed by atoms with Gasteiger partial charge in [0.15, 0.2) is 0 Å². The normalized spacial score (nSPS) is 12.7. The maximum atomic E-state index is 12.5. The minimum Gasteiger partial charge on any atom is -0.367 e. The Bertz CT molecular complexity index is 982. The van der Waals surface area contributed by atoms with Gasteiger partial charge in [0.1, 0.15) is 0 Å². The Hall–Kier alpha value is -2.34. The van der Waals surface area contributed by atoms with E-state index in [1.807, 2.05) is 31.2 Å². The van der Waals surface area contributed by atoms with Crippen molar-refractivity contribution in [1.29, 1.82) is 0 Å². The highest BCUT2D eigenvalue weighted by Crippen LogP contribution is 2.28. The van der Waals surface area contributed by atoms with Gasteiger partial charge in [0.25, 0.3) is 5.91 Å². The molecule has 0 bridgehead atoms. The summed E-state index contributed by atoms with van der Waals surface area (Å²) < 4.78 is 1.16. The molecule has 27 heavy (non-hydrogen) atoms. The Morgan fingerprint density at radius 1 is 1.07 bits per heavy atom. The van der Waals surface area contributed by atoms with Gasteiger partial charge in [-0.25, -0.2) is 0 Å². The Kier molecular flexibility index (Phi) is 5.16. The topological polar surface area (TPSA) is 32.3 Å². The summed E-state index contributed by atoms with van der Waals surface area (Å²) in [4.78, 5) is 14.9. The van der Waals surface area contributed by atoms with Gasteiger partial charge in [-0.2, -0.15) is 0 Å². The van der Waals surface area contributed by atoms with Crippen LogP contribution in [0.4, 0.5) is 11.4 Å². The lowest BCUT2D eigenvalue weighted by molar-refractivity contribution is 0.102. The number of carbonyl (C=O) groups is 1. The van der Waals surface area contributed by atoms with E-state index in [9.17, 15) is 4.79 Å². The molecule has 1 aliphatic rings. The number of anilines is 2. The van der Waals surface area contributed by atoms with E-state index in [1.165, 1.54) is 16.8 Å². The zero-order chi connectivity index (χ0) is 18.8. The molecule has 0 atom stereocenters. The van der Waals surface area contributed by atoms with Gasteiger partial charge in [-0.3, -0.25) is 4.79 Å². The van der Waals surface area contributed by atoms with Crippen molar-refractivity contribution in [2.24, 2.45) is 0 Å². The van der Waals surface area contributed by atoms with Crippen molar-refractivity contribution in [2.75, 3.05) is 16.8 Å². The maximum Gasteiger partial charge on any atom is 0.255 e. The first-order valence-corrected chi connectivity index (χ1v) is 10.2. The third-order valence-corrected chi connectivity index (χ3v) is 5.68. The highest BCUT2D eigenvalue weighted by atomic mass is 127. The van der Waals surface area contributed by atoms with Gasteiger partial charge >= 0.3 is 0 Å². The van der Waals surface area contributed by atoms with E-state index in [0.717, 1.165) is 34.3 Å². The molecule has 0 aliphatic carbocycles. The molecule has 1 heterocycles. The standard InChI is InChI=1S/C23H21IN2O/c1-16-14-20(24)10-11-21(16)25-23(27)19-8-6-17(7-9-19)15-26-13-12-18-4-2-3-5-22(18)26/h2-11,14H,12-13,15H2,1H3,(H,25,27). The highest BCUT2D eigenvalue weighted by Gasteiger charge is 2.18. The molecule has 136 valence electrons. The number of fused-ring (bicyclic) bond motifs is 1. The van der Waals surface area contributed by atoms with Gasteiger partial charge < -0.3 is 10.2 Å². The van der Waals surface area contributed by atoms with Gasteiger partial charge in [-0.05, 0) is 89.0 Å². The first-order chi connectivity index (χ1) is 13.1. The molecule has 4 rings (SSSR count). The summed E-state index contributed by atoms with van der Waals surface area (Å²) in [5.74, 6) is -0.0719. The SMILES string of the molecule is Cc1cc(I)ccc1NC(=O)c1ccc(CN2CCc3ccccc32)cc1. The zero-order valence-corrected chi connectivity index (χ0v) is 17.4. The van der Waals surface area contributed by atoms with E-state index < -0.39 is 0 Å². The fourth-order valence-electron chi connectivity index (χ4n) is 3.51. The average molecular weight is 468 g/mol. The molecule has 0 saturated heterocycles. The second-order valence-electron chi connectivity index (χ2n) is 6.91. The first kappa shape index (κ1) is 18.0. The van der Waals surface area contributed by atoms with E-state index in [0.29, 0.717) is 5.56 Å². The fourth-order valence-corrected chi connectivity index (χ4v) is 4.16. The summed E-state index contributed by atoms with van der Waals surface area (Å²) in [5, 5.41) is 3.01. The van der Waals surface area contributed by atoms with Crippen LogP contribution in [-0.2, 0) is 13.0 Å². The lowest BCUT2D eigenvalue weighted by Gasteiger charge is -2.19. The van der Waals surface area contributed by atoms with E-state index in [4.69, 9.17) is 0 Å². The van der Waals surface area contributed by atoms with Crippen molar-refractivity contribution >= 4 is 39.9 Å². The molecule has 0 aromatic heterocycles. The smallest absolute Gasteiger partial charge is 0.255 e. The summed E-state index contributed by atoms with van der Waals surface area (Å²) in [5.41, 5.74) is 6.57. The molecule has 1 amide bonds. The third kappa shape index (κ3) is 4.00.